The average Bonchev–Trinajstić information content (AvgIpc) is 2.30. The number of hydrogen-bond donors (Lipinski definition) is 2. The zero-order valence-electron chi connectivity index (χ0n) is 11.4. The van der Waals surface area contributed by atoms with E-state index in [1.807, 2.05) is 0 Å². The van der Waals surface area contributed by atoms with E-state index in [0.717, 1.165) is 13.1 Å². The molecule has 1 aliphatic rings. The molecule has 0 saturated carbocycles. The molecular formula is C15H24N2. The predicted molar refractivity (Wildman–Crippen MR) is 73.5 cm³/mol. The molecule has 0 amide bonds. The molecule has 2 nitrogen and oxygen atoms in total. The van der Waals surface area contributed by atoms with Gasteiger partial charge in [0.2, 0.25) is 0 Å². The van der Waals surface area contributed by atoms with Gasteiger partial charge in [0.1, 0.15) is 0 Å². The molecule has 94 valence electrons. The van der Waals surface area contributed by atoms with Crippen molar-refractivity contribution in [1.29, 1.82) is 0 Å². The van der Waals surface area contributed by atoms with Gasteiger partial charge in [-0.25, -0.2) is 0 Å². The Hall–Kier alpha value is -0.860. The standard InChI is InChI=1S/C15H24N2/c1-10(2)13-6-5-11(3)14(9-13)15-12(4)16-7-8-17-15/h5-6,9-10,12,15-17H,7-8H2,1-4H3. The molecule has 1 fully saturated rings. The van der Waals surface area contributed by atoms with Crippen LogP contribution in [0.2, 0.25) is 0 Å². The fourth-order valence-electron chi connectivity index (χ4n) is 2.55. The fraction of sp³-hybridized carbons (Fsp3) is 0.600. The molecule has 1 saturated heterocycles. The van der Waals surface area contributed by atoms with Gasteiger partial charge in [-0.05, 0) is 36.5 Å². The molecule has 1 heterocycles. The quantitative estimate of drug-likeness (QED) is 0.819. The molecule has 2 unspecified atom stereocenters. The highest BCUT2D eigenvalue weighted by atomic mass is 15.1. The predicted octanol–water partition coefficient (Wildman–Crippen LogP) is 2.74. The van der Waals surface area contributed by atoms with Gasteiger partial charge in [0, 0.05) is 25.2 Å². The zero-order chi connectivity index (χ0) is 12.4. The molecule has 0 radical (unpaired) electrons. The first-order valence-corrected chi connectivity index (χ1v) is 6.67. The van der Waals surface area contributed by atoms with E-state index < -0.39 is 0 Å². The molecule has 0 aromatic heterocycles. The summed E-state index contributed by atoms with van der Waals surface area (Å²) < 4.78 is 0. The second-order valence-corrected chi connectivity index (χ2v) is 5.45. The van der Waals surface area contributed by atoms with Crippen LogP contribution in [0.25, 0.3) is 0 Å². The van der Waals surface area contributed by atoms with Crippen LogP contribution >= 0.6 is 0 Å². The second-order valence-electron chi connectivity index (χ2n) is 5.45. The Bertz CT molecular complexity index is 385. The molecule has 2 atom stereocenters. The van der Waals surface area contributed by atoms with Crippen LogP contribution in [0.4, 0.5) is 0 Å². The number of aryl methyl sites for hydroxylation is 1. The van der Waals surface area contributed by atoms with Crippen molar-refractivity contribution < 1.29 is 0 Å². The first-order valence-electron chi connectivity index (χ1n) is 6.67. The van der Waals surface area contributed by atoms with Crippen molar-refractivity contribution >= 4 is 0 Å². The number of piperazine rings is 1. The second kappa shape index (κ2) is 5.19. The maximum Gasteiger partial charge on any atom is 0.0476 e. The van der Waals surface area contributed by atoms with Crippen LogP contribution in [0.5, 0.6) is 0 Å². The Morgan fingerprint density at radius 1 is 1.18 bits per heavy atom. The lowest BCUT2D eigenvalue weighted by molar-refractivity contribution is 0.344. The van der Waals surface area contributed by atoms with Gasteiger partial charge in [0.25, 0.3) is 0 Å². The third kappa shape index (κ3) is 2.70. The van der Waals surface area contributed by atoms with Crippen molar-refractivity contribution in [3.8, 4) is 0 Å². The van der Waals surface area contributed by atoms with Crippen LogP contribution in [0, 0.1) is 6.92 Å². The Morgan fingerprint density at radius 2 is 1.88 bits per heavy atom. The molecule has 0 spiro atoms. The summed E-state index contributed by atoms with van der Waals surface area (Å²) in [7, 11) is 0. The van der Waals surface area contributed by atoms with Crippen LogP contribution in [0.1, 0.15) is 49.4 Å². The Kier molecular flexibility index (Phi) is 3.85. The summed E-state index contributed by atoms with van der Waals surface area (Å²) in [5.74, 6) is 0.598. The summed E-state index contributed by atoms with van der Waals surface area (Å²) in [5.41, 5.74) is 4.28. The van der Waals surface area contributed by atoms with Gasteiger partial charge in [0.05, 0.1) is 0 Å². The Labute approximate surface area is 105 Å². The third-order valence-electron chi connectivity index (χ3n) is 3.76. The van der Waals surface area contributed by atoms with Crippen LogP contribution in [-0.4, -0.2) is 19.1 Å². The topological polar surface area (TPSA) is 24.1 Å². The summed E-state index contributed by atoms with van der Waals surface area (Å²) in [4.78, 5) is 0. The molecule has 0 aliphatic carbocycles. The Balaban J connectivity index is 2.32. The summed E-state index contributed by atoms with van der Waals surface area (Å²) in [6.07, 6.45) is 0. The third-order valence-corrected chi connectivity index (χ3v) is 3.76. The summed E-state index contributed by atoms with van der Waals surface area (Å²) in [6, 6.07) is 7.84. The minimum absolute atomic E-state index is 0.447. The first-order chi connectivity index (χ1) is 8.09. The van der Waals surface area contributed by atoms with Crippen molar-refractivity contribution in [2.75, 3.05) is 13.1 Å². The maximum atomic E-state index is 3.63. The van der Waals surface area contributed by atoms with E-state index in [0.29, 0.717) is 18.0 Å². The number of benzene rings is 1. The molecule has 17 heavy (non-hydrogen) atoms. The van der Waals surface area contributed by atoms with Crippen molar-refractivity contribution in [2.45, 2.75) is 45.7 Å². The van der Waals surface area contributed by atoms with Gasteiger partial charge in [-0.2, -0.15) is 0 Å². The lowest BCUT2D eigenvalue weighted by Gasteiger charge is -2.33. The van der Waals surface area contributed by atoms with Crippen LogP contribution in [-0.2, 0) is 0 Å². The lowest BCUT2D eigenvalue weighted by atomic mass is 9.90. The van der Waals surface area contributed by atoms with Crippen molar-refractivity contribution in [1.82, 2.24) is 10.6 Å². The molecule has 1 aromatic rings. The van der Waals surface area contributed by atoms with Gasteiger partial charge in [-0.3, -0.25) is 0 Å². The van der Waals surface area contributed by atoms with Crippen molar-refractivity contribution in [2.24, 2.45) is 0 Å². The minimum atomic E-state index is 0.447. The highest BCUT2D eigenvalue weighted by molar-refractivity contribution is 5.36. The molecule has 0 bridgehead atoms. The SMILES string of the molecule is Cc1ccc(C(C)C)cc1C1NCCNC1C. The van der Waals surface area contributed by atoms with E-state index in [1.54, 1.807) is 0 Å². The minimum Gasteiger partial charge on any atom is -0.311 e. The largest absolute Gasteiger partial charge is 0.311 e. The van der Waals surface area contributed by atoms with E-state index in [1.165, 1.54) is 16.7 Å². The highest BCUT2D eigenvalue weighted by Gasteiger charge is 2.23. The van der Waals surface area contributed by atoms with Gasteiger partial charge < -0.3 is 10.6 Å². The summed E-state index contributed by atoms with van der Waals surface area (Å²) >= 11 is 0. The van der Waals surface area contributed by atoms with Crippen LogP contribution in [0.15, 0.2) is 18.2 Å². The monoisotopic (exact) mass is 232 g/mol. The van der Waals surface area contributed by atoms with E-state index in [2.05, 4.69) is 56.5 Å². The van der Waals surface area contributed by atoms with Gasteiger partial charge in [0.15, 0.2) is 0 Å². The number of nitrogens with one attached hydrogen (secondary N) is 2. The zero-order valence-corrected chi connectivity index (χ0v) is 11.4. The Morgan fingerprint density at radius 3 is 2.53 bits per heavy atom. The van der Waals surface area contributed by atoms with Crippen molar-refractivity contribution in [3.05, 3.63) is 34.9 Å². The summed E-state index contributed by atoms with van der Waals surface area (Å²) in [5, 5.41) is 7.17. The number of hydrogen-bond acceptors (Lipinski definition) is 2. The molecule has 2 rings (SSSR count). The van der Waals surface area contributed by atoms with E-state index in [4.69, 9.17) is 0 Å². The van der Waals surface area contributed by atoms with Crippen LogP contribution in [0.3, 0.4) is 0 Å². The van der Waals surface area contributed by atoms with Crippen molar-refractivity contribution in [3.63, 3.8) is 0 Å². The smallest absolute Gasteiger partial charge is 0.0476 e. The molecular weight excluding hydrogens is 208 g/mol. The first kappa shape index (κ1) is 12.6. The molecule has 2 heteroatoms. The molecule has 1 aromatic carbocycles. The van der Waals surface area contributed by atoms with Gasteiger partial charge in [-0.1, -0.05) is 32.0 Å². The average molecular weight is 232 g/mol. The van der Waals surface area contributed by atoms with Gasteiger partial charge in [-0.15, -0.1) is 0 Å². The van der Waals surface area contributed by atoms with Gasteiger partial charge >= 0.3 is 0 Å². The molecule has 2 N–H and O–H groups in total. The van der Waals surface area contributed by atoms with E-state index >= 15 is 0 Å². The normalized spacial score (nSPS) is 25.2. The number of rotatable bonds is 2. The van der Waals surface area contributed by atoms with Crippen LogP contribution < -0.4 is 10.6 Å². The van der Waals surface area contributed by atoms with E-state index in [9.17, 15) is 0 Å². The molecule has 1 aliphatic heterocycles. The highest BCUT2D eigenvalue weighted by Crippen LogP contribution is 2.26. The lowest BCUT2D eigenvalue weighted by Crippen LogP contribution is -2.49. The summed E-state index contributed by atoms with van der Waals surface area (Å²) in [6.45, 7) is 11.1. The van der Waals surface area contributed by atoms with E-state index in [-0.39, 0.29) is 0 Å². The maximum absolute atomic E-state index is 3.63. The fourth-order valence-corrected chi connectivity index (χ4v) is 2.55.